The number of nitrogens with one attached hydrogen (secondary N) is 2. The van der Waals surface area contributed by atoms with Crippen molar-refractivity contribution in [2.45, 2.75) is 19.4 Å². The maximum Gasteiger partial charge on any atom is 0.221 e. The minimum absolute atomic E-state index is 0.113. The quantitative estimate of drug-likeness (QED) is 0.367. The Morgan fingerprint density at radius 1 is 1.54 bits per heavy atom. The largest absolute Gasteiger partial charge is 0.394 e. The summed E-state index contributed by atoms with van der Waals surface area (Å²) in [6, 6.07) is 0. The van der Waals surface area contributed by atoms with Gasteiger partial charge < -0.3 is 20.8 Å². The van der Waals surface area contributed by atoms with E-state index < -0.39 is 6.10 Å². The lowest BCUT2D eigenvalue weighted by molar-refractivity contribution is -0.121. The molecule has 0 aromatic rings. The molecule has 0 saturated heterocycles. The van der Waals surface area contributed by atoms with E-state index >= 15 is 0 Å². The van der Waals surface area contributed by atoms with Gasteiger partial charge in [-0.2, -0.15) is 0 Å². The van der Waals surface area contributed by atoms with Crippen LogP contribution in [0.25, 0.3) is 0 Å². The minimum Gasteiger partial charge on any atom is -0.394 e. The van der Waals surface area contributed by atoms with Crippen LogP contribution in [0.2, 0.25) is 0 Å². The van der Waals surface area contributed by atoms with Gasteiger partial charge in [-0.25, -0.2) is 0 Å². The molecule has 1 atom stereocenters. The third kappa shape index (κ3) is 7.70. The van der Waals surface area contributed by atoms with Gasteiger partial charge in [0.1, 0.15) is 0 Å². The van der Waals surface area contributed by atoms with Crippen LogP contribution in [0.15, 0.2) is 0 Å². The number of rotatable bonds is 7. The highest BCUT2D eigenvalue weighted by molar-refractivity contribution is 5.76. The fourth-order valence-corrected chi connectivity index (χ4v) is 0.763. The second kappa shape index (κ2) is 7.97. The lowest BCUT2D eigenvalue weighted by atomic mass is 10.3. The molecular weight excluding hydrogens is 172 g/mol. The fourth-order valence-electron chi connectivity index (χ4n) is 0.763. The van der Waals surface area contributed by atoms with Crippen LogP contribution in [-0.2, 0) is 4.79 Å². The standard InChI is InChI=1S/C8H18N2O3/c1-2-9-4-3-8(13)10-5-7(12)6-11/h7,9,11-12H,2-6H2,1H3,(H,10,13). The average Bonchev–Trinajstić information content (AvgIpc) is 2.14. The number of aliphatic hydroxyl groups is 2. The van der Waals surface area contributed by atoms with E-state index in [1.165, 1.54) is 0 Å². The van der Waals surface area contributed by atoms with Gasteiger partial charge in [-0.1, -0.05) is 6.92 Å². The van der Waals surface area contributed by atoms with E-state index in [9.17, 15) is 4.79 Å². The maximum absolute atomic E-state index is 11.0. The molecule has 1 amide bonds. The second-order valence-corrected chi connectivity index (χ2v) is 2.74. The molecule has 5 heteroatoms. The summed E-state index contributed by atoms with van der Waals surface area (Å²) in [7, 11) is 0. The third-order valence-electron chi connectivity index (χ3n) is 1.52. The number of hydrogen-bond donors (Lipinski definition) is 4. The van der Waals surface area contributed by atoms with Crippen molar-refractivity contribution in [2.75, 3.05) is 26.2 Å². The monoisotopic (exact) mass is 190 g/mol. The lowest BCUT2D eigenvalue weighted by Crippen LogP contribution is -2.35. The molecule has 0 aliphatic heterocycles. The first-order valence-corrected chi connectivity index (χ1v) is 4.47. The Morgan fingerprint density at radius 2 is 2.23 bits per heavy atom. The van der Waals surface area contributed by atoms with Crippen LogP contribution in [0.3, 0.4) is 0 Å². The van der Waals surface area contributed by atoms with Crippen LogP contribution < -0.4 is 10.6 Å². The highest BCUT2D eigenvalue weighted by Gasteiger charge is 2.04. The molecule has 0 fully saturated rings. The highest BCUT2D eigenvalue weighted by atomic mass is 16.3. The fraction of sp³-hybridized carbons (Fsp3) is 0.875. The van der Waals surface area contributed by atoms with Crippen molar-refractivity contribution in [3.05, 3.63) is 0 Å². The van der Waals surface area contributed by atoms with Gasteiger partial charge in [0.15, 0.2) is 0 Å². The molecule has 0 aliphatic carbocycles. The highest BCUT2D eigenvalue weighted by Crippen LogP contribution is 1.80. The SMILES string of the molecule is CCNCCC(=O)NCC(O)CO. The molecular formula is C8H18N2O3. The molecule has 0 spiro atoms. The first-order chi connectivity index (χ1) is 6.20. The van der Waals surface area contributed by atoms with Crippen LogP contribution in [0.4, 0.5) is 0 Å². The number of amides is 1. The summed E-state index contributed by atoms with van der Waals surface area (Å²) in [6.45, 7) is 3.23. The molecule has 0 aromatic carbocycles. The second-order valence-electron chi connectivity index (χ2n) is 2.74. The number of carbonyl (C=O) groups is 1. The van der Waals surface area contributed by atoms with Gasteiger partial charge >= 0.3 is 0 Å². The minimum atomic E-state index is -0.858. The van der Waals surface area contributed by atoms with Crippen LogP contribution >= 0.6 is 0 Å². The van der Waals surface area contributed by atoms with Gasteiger partial charge in [-0.15, -0.1) is 0 Å². The molecule has 0 saturated carbocycles. The molecule has 78 valence electrons. The molecule has 1 unspecified atom stereocenters. The van der Waals surface area contributed by atoms with Crippen LogP contribution in [0, 0.1) is 0 Å². The molecule has 0 bridgehead atoms. The number of aliphatic hydroxyl groups excluding tert-OH is 2. The van der Waals surface area contributed by atoms with E-state index in [-0.39, 0.29) is 19.1 Å². The van der Waals surface area contributed by atoms with Gasteiger partial charge in [-0.3, -0.25) is 4.79 Å². The third-order valence-corrected chi connectivity index (χ3v) is 1.52. The van der Waals surface area contributed by atoms with Crippen molar-refractivity contribution in [3.63, 3.8) is 0 Å². The molecule has 13 heavy (non-hydrogen) atoms. The first-order valence-electron chi connectivity index (χ1n) is 4.47. The van der Waals surface area contributed by atoms with Crippen molar-refractivity contribution >= 4 is 5.91 Å². The topological polar surface area (TPSA) is 81.6 Å². The van der Waals surface area contributed by atoms with Crippen molar-refractivity contribution in [2.24, 2.45) is 0 Å². The van der Waals surface area contributed by atoms with E-state index in [2.05, 4.69) is 10.6 Å². The van der Waals surface area contributed by atoms with E-state index in [0.29, 0.717) is 13.0 Å². The summed E-state index contributed by atoms with van der Waals surface area (Å²) in [5.74, 6) is -0.117. The molecule has 0 aliphatic rings. The predicted molar refractivity (Wildman–Crippen MR) is 49.3 cm³/mol. The van der Waals surface area contributed by atoms with Crippen molar-refractivity contribution < 1.29 is 15.0 Å². The van der Waals surface area contributed by atoms with Crippen LogP contribution in [0.5, 0.6) is 0 Å². The summed E-state index contributed by atoms with van der Waals surface area (Å²) in [6.07, 6.45) is -0.463. The Bertz CT molecular complexity index is 141. The molecule has 0 rings (SSSR count). The smallest absolute Gasteiger partial charge is 0.221 e. The summed E-state index contributed by atoms with van der Waals surface area (Å²) in [4.78, 5) is 11.0. The normalized spacial score (nSPS) is 12.5. The van der Waals surface area contributed by atoms with E-state index in [4.69, 9.17) is 10.2 Å². The van der Waals surface area contributed by atoms with Gasteiger partial charge in [-0.05, 0) is 6.54 Å². The number of carbonyl (C=O) groups excluding carboxylic acids is 1. The maximum atomic E-state index is 11.0. The summed E-state index contributed by atoms with van der Waals surface area (Å²) < 4.78 is 0. The van der Waals surface area contributed by atoms with Crippen molar-refractivity contribution in [1.82, 2.24) is 10.6 Å². The summed E-state index contributed by atoms with van der Waals surface area (Å²) in [5.41, 5.74) is 0. The molecule has 0 radical (unpaired) electrons. The zero-order valence-electron chi connectivity index (χ0n) is 7.92. The Hall–Kier alpha value is -0.650. The van der Waals surface area contributed by atoms with Crippen molar-refractivity contribution in [3.8, 4) is 0 Å². The summed E-state index contributed by atoms with van der Waals surface area (Å²) in [5, 5.41) is 22.9. The van der Waals surface area contributed by atoms with Gasteiger partial charge in [0, 0.05) is 19.5 Å². The van der Waals surface area contributed by atoms with Gasteiger partial charge in [0.25, 0.3) is 0 Å². The molecule has 0 aromatic heterocycles. The molecule has 4 N–H and O–H groups in total. The average molecular weight is 190 g/mol. The van der Waals surface area contributed by atoms with E-state index in [1.807, 2.05) is 6.92 Å². The Kier molecular flexibility index (Phi) is 7.57. The van der Waals surface area contributed by atoms with E-state index in [0.717, 1.165) is 6.54 Å². The number of hydrogen-bond acceptors (Lipinski definition) is 4. The van der Waals surface area contributed by atoms with Gasteiger partial charge in [0.2, 0.25) is 5.91 Å². The van der Waals surface area contributed by atoms with Crippen LogP contribution in [0.1, 0.15) is 13.3 Å². The van der Waals surface area contributed by atoms with Gasteiger partial charge in [0.05, 0.1) is 12.7 Å². The van der Waals surface area contributed by atoms with E-state index in [1.54, 1.807) is 0 Å². The van der Waals surface area contributed by atoms with Crippen molar-refractivity contribution in [1.29, 1.82) is 0 Å². The lowest BCUT2D eigenvalue weighted by Gasteiger charge is -2.08. The Labute approximate surface area is 78.1 Å². The zero-order chi connectivity index (χ0) is 10.1. The Balaban J connectivity index is 3.30. The Morgan fingerprint density at radius 3 is 2.77 bits per heavy atom. The predicted octanol–water partition coefficient (Wildman–Crippen LogP) is -1.54. The summed E-state index contributed by atoms with van der Waals surface area (Å²) >= 11 is 0. The zero-order valence-corrected chi connectivity index (χ0v) is 7.92. The first kappa shape index (κ1) is 12.3. The molecule has 5 nitrogen and oxygen atoms in total. The van der Waals surface area contributed by atoms with Crippen LogP contribution in [-0.4, -0.2) is 48.5 Å². The molecule has 0 heterocycles.